The van der Waals surface area contributed by atoms with E-state index in [2.05, 4.69) is 0 Å². The molecule has 0 aromatic heterocycles. The van der Waals surface area contributed by atoms with Crippen LogP contribution >= 0.6 is 0 Å². The van der Waals surface area contributed by atoms with Gasteiger partial charge in [0.1, 0.15) is 0 Å². The van der Waals surface area contributed by atoms with Crippen LogP contribution < -0.4 is 5.84 Å². The predicted molar refractivity (Wildman–Crippen MR) is 68.9 cm³/mol. The van der Waals surface area contributed by atoms with E-state index in [9.17, 15) is 13.2 Å². The molecule has 5 nitrogen and oxygen atoms in total. The number of carbonyl (C=O) groups is 1. The van der Waals surface area contributed by atoms with E-state index in [0.29, 0.717) is 4.41 Å². The Balaban J connectivity index is 3.15. The first kappa shape index (κ1) is 14.7. The molecule has 1 amide bonds. The van der Waals surface area contributed by atoms with Crippen LogP contribution in [0, 0.1) is 12.3 Å². The highest BCUT2D eigenvalue weighted by Gasteiger charge is 2.33. The molecule has 0 aliphatic heterocycles. The number of hydrogen-bond donors (Lipinski definition) is 1. The summed E-state index contributed by atoms with van der Waals surface area (Å²) in [5.74, 6) is 4.80. The minimum Gasteiger partial charge on any atom is -0.272 e. The summed E-state index contributed by atoms with van der Waals surface area (Å²) in [5, 5.41) is 0. The van der Waals surface area contributed by atoms with Gasteiger partial charge >= 0.3 is 0 Å². The van der Waals surface area contributed by atoms with Crippen LogP contribution in [0.3, 0.4) is 0 Å². The maximum absolute atomic E-state index is 12.1. The lowest BCUT2D eigenvalue weighted by atomic mass is 9.96. The fourth-order valence-electron chi connectivity index (χ4n) is 1.26. The van der Waals surface area contributed by atoms with Crippen LogP contribution in [0.15, 0.2) is 29.2 Å². The average Bonchev–Trinajstić information content (AvgIpc) is 2.26. The van der Waals surface area contributed by atoms with Gasteiger partial charge in [-0.05, 0) is 19.1 Å². The van der Waals surface area contributed by atoms with Crippen molar-refractivity contribution in [2.75, 3.05) is 0 Å². The average molecular weight is 270 g/mol. The Hall–Kier alpha value is -1.40. The molecule has 0 atom stereocenters. The molecule has 0 radical (unpaired) electrons. The first-order valence-electron chi connectivity index (χ1n) is 5.48. The second-order valence-electron chi connectivity index (χ2n) is 5.17. The van der Waals surface area contributed by atoms with Gasteiger partial charge in [-0.3, -0.25) is 4.79 Å². The summed E-state index contributed by atoms with van der Waals surface area (Å²) in [7, 11) is -3.98. The quantitative estimate of drug-likeness (QED) is 0.501. The maximum Gasteiger partial charge on any atom is 0.280 e. The van der Waals surface area contributed by atoms with Crippen LogP contribution in [0.1, 0.15) is 26.3 Å². The highest BCUT2D eigenvalue weighted by atomic mass is 32.2. The standard InChI is InChI=1S/C12H18N2O3S/c1-9-5-7-10(8-6-9)18(16,17)14(13)11(15)12(2,3)4/h5-8H,13H2,1-4H3. The lowest BCUT2D eigenvalue weighted by molar-refractivity contribution is -0.134. The van der Waals surface area contributed by atoms with Crippen molar-refractivity contribution in [3.8, 4) is 0 Å². The number of nitrogens with two attached hydrogens (primary N) is 1. The Bertz CT molecular complexity index is 542. The molecule has 0 heterocycles. The van der Waals surface area contributed by atoms with Crippen LogP contribution in [0.4, 0.5) is 0 Å². The van der Waals surface area contributed by atoms with Crippen LogP contribution in [-0.4, -0.2) is 18.7 Å². The van der Waals surface area contributed by atoms with E-state index in [1.807, 2.05) is 6.92 Å². The molecular formula is C12H18N2O3S. The first-order chi connectivity index (χ1) is 8.06. The third-order valence-corrected chi connectivity index (χ3v) is 3.97. The smallest absolute Gasteiger partial charge is 0.272 e. The van der Waals surface area contributed by atoms with Gasteiger partial charge in [0.05, 0.1) is 4.90 Å². The number of sulfonamides is 1. The van der Waals surface area contributed by atoms with Gasteiger partial charge in [0.25, 0.3) is 15.9 Å². The molecule has 2 N–H and O–H groups in total. The van der Waals surface area contributed by atoms with Crippen LogP contribution in [0.25, 0.3) is 0 Å². The molecule has 1 aromatic rings. The highest BCUT2D eigenvalue weighted by molar-refractivity contribution is 7.89. The minimum atomic E-state index is -3.98. The van der Waals surface area contributed by atoms with Crippen molar-refractivity contribution in [3.05, 3.63) is 29.8 Å². The summed E-state index contributed by atoms with van der Waals surface area (Å²) in [5.41, 5.74) is 0.0756. The van der Waals surface area contributed by atoms with E-state index >= 15 is 0 Å². The maximum atomic E-state index is 12.1. The Kier molecular flexibility index (Phi) is 3.83. The van der Waals surface area contributed by atoms with Crippen molar-refractivity contribution < 1.29 is 13.2 Å². The number of rotatable bonds is 2. The van der Waals surface area contributed by atoms with E-state index < -0.39 is 21.3 Å². The largest absolute Gasteiger partial charge is 0.280 e. The Labute approximate surface area is 108 Å². The van der Waals surface area contributed by atoms with Crippen LogP contribution in [0.2, 0.25) is 0 Å². The number of aryl methyl sites for hydroxylation is 1. The van der Waals surface area contributed by atoms with E-state index in [1.54, 1.807) is 32.9 Å². The van der Waals surface area contributed by atoms with Crippen molar-refractivity contribution in [1.29, 1.82) is 0 Å². The van der Waals surface area contributed by atoms with Gasteiger partial charge in [-0.1, -0.05) is 38.5 Å². The van der Waals surface area contributed by atoms with Crippen molar-refractivity contribution in [2.24, 2.45) is 11.3 Å². The lowest BCUT2D eigenvalue weighted by Gasteiger charge is -2.24. The minimum absolute atomic E-state index is 0.00759. The number of benzene rings is 1. The predicted octanol–water partition coefficient (Wildman–Crippen LogP) is 1.43. The van der Waals surface area contributed by atoms with E-state index in [0.717, 1.165) is 5.56 Å². The summed E-state index contributed by atoms with van der Waals surface area (Å²) in [6.07, 6.45) is 0. The molecule has 6 heteroatoms. The second kappa shape index (κ2) is 4.70. The second-order valence-corrected chi connectivity index (χ2v) is 6.98. The molecule has 1 aromatic carbocycles. The van der Waals surface area contributed by atoms with Crippen molar-refractivity contribution >= 4 is 15.9 Å². The third-order valence-electron chi connectivity index (χ3n) is 2.42. The molecule has 18 heavy (non-hydrogen) atoms. The Morgan fingerprint density at radius 2 is 1.61 bits per heavy atom. The zero-order valence-electron chi connectivity index (χ0n) is 11.0. The summed E-state index contributed by atoms with van der Waals surface area (Å²) >= 11 is 0. The SMILES string of the molecule is Cc1ccc(S(=O)(=O)N(N)C(=O)C(C)(C)C)cc1. The van der Waals surface area contributed by atoms with Gasteiger partial charge in [0.2, 0.25) is 0 Å². The molecular weight excluding hydrogens is 252 g/mol. The number of amides is 1. The molecule has 0 aliphatic carbocycles. The zero-order valence-corrected chi connectivity index (χ0v) is 11.8. The molecule has 1 rings (SSSR count). The molecule has 0 fully saturated rings. The van der Waals surface area contributed by atoms with Gasteiger partial charge < -0.3 is 0 Å². The molecule has 100 valence electrons. The van der Waals surface area contributed by atoms with Gasteiger partial charge in [-0.25, -0.2) is 5.84 Å². The zero-order chi connectivity index (χ0) is 14.1. The third kappa shape index (κ3) is 2.88. The van der Waals surface area contributed by atoms with Gasteiger partial charge in [0, 0.05) is 5.41 Å². The van der Waals surface area contributed by atoms with Gasteiger partial charge in [-0.15, -0.1) is 0 Å². The number of carbonyl (C=O) groups excluding carboxylic acids is 1. The number of nitrogens with zero attached hydrogens (tertiary/aromatic N) is 1. The van der Waals surface area contributed by atoms with Gasteiger partial charge in [0.15, 0.2) is 0 Å². The van der Waals surface area contributed by atoms with E-state index in [-0.39, 0.29) is 4.90 Å². The highest BCUT2D eigenvalue weighted by Crippen LogP contribution is 2.21. The monoisotopic (exact) mass is 270 g/mol. The number of hydrogen-bond acceptors (Lipinski definition) is 4. The van der Waals surface area contributed by atoms with E-state index in [4.69, 9.17) is 5.84 Å². The molecule has 0 saturated heterocycles. The fraction of sp³-hybridized carbons (Fsp3) is 0.417. The summed E-state index contributed by atoms with van der Waals surface area (Å²) < 4.78 is 24.5. The van der Waals surface area contributed by atoms with Crippen molar-refractivity contribution in [2.45, 2.75) is 32.6 Å². The molecule has 0 saturated carbocycles. The van der Waals surface area contributed by atoms with Crippen molar-refractivity contribution in [3.63, 3.8) is 0 Å². The Morgan fingerprint density at radius 1 is 1.17 bits per heavy atom. The summed E-state index contributed by atoms with van der Waals surface area (Å²) in [6, 6.07) is 6.17. The Morgan fingerprint density at radius 3 is 2.00 bits per heavy atom. The molecule has 0 bridgehead atoms. The molecule has 0 aliphatic rings. The lowest BCUT2D eigenvalue weighted by Crippen LogP contribution is -2.47. The summed E-state index contributed by atoms with van der Waals surface area (Å²) in [4.78, 5) is 11.9. The van der Waals surface area contributed by atoms with Crippen molar-refractivity contribution in [1.82, 2.24) is 4.41 Å². The molecule has 0 unspecified atom stereocenters. The normalized spacial score (nSPS) is 12.3. The first-order valence-corrected chi connectivity index (χ1v) is 6.92. The molecule has 0 spiro atoms. The summed E-state index contributed by atoms with van der Waals surface area (Å²) in [6.45, 7) is 6.68. The topological polar surface area (TPSA) is 80.5 Å². The van der Waals surface area contributed by atoms with Gasteiger partial charge in [-0.2, -0.15) is 12.8 Å². The fourth-order valence-corrected chi connectivity index (χ4v) is 2.46. The number of hydrazine groups is 1. The van der Waals surface area contributed by atoms with Crippen LogP contribution in [-0.2, 0) is 14.8 Å². The van der Waals surface area contributed by atoms with E-state index in [1.165, 1.54) is 12.1 Å². The van der Waals surface area contributed by atoms with Crippen LogP contribution in [0.5, 0.6) is 0 Å².